The number of nitrogens with zero attached hydrogens (tertiary/aromatic N) is 1. The molecular formula is C14H13BrFNO3S. The number of carboxylic acid groups (broad SMARTS) is 1. The number of rotatable bonds is 3. The van der Waals surface area contributed by atoms with E-state index in [0.29, 0.717) is 16.1 Å². The molecule has 2 unspecified atom stereocenters. The van der Waals surface area contributed by atoms with Crippen LogP contribution >= 0.6 is 27.7 Å². The van der Waals surface area contributed by atoms with Crippen LogP contribution in [0.15, 0.2) is 22.7 Å². The molecule has 0 radical (unpaired) electrons. The van der Waals surface area contributed by atoms with Gasteiger partial charge in [0.1, 0.15) is 11.9 Å². The average Bonchev–Trinajstić information content (AvgIpc) is 3.15. The van der Waals surface area contributed by atoms with Crippen LogP contribution in [0.1, 0.15) is 23.2 Å². The summed E-state index contributed by atoms with van der Waals surface area (Å²) in [6.07, 6.45) is 2.03. The number of halogens is 2. The van der Waals surface area contributed by atoms with Gasteiger partial charge in [-0.25, -0.2) is 9.18 Å². The fourth-order valence-corrected chi connectivity index (χ4v) is 4.64. The Hall–Kier alpha value is -1.08. The first kappa shape index (κ1) is 14.8. The second kappa shape index (κ2) is 5.61. The largest absolute Gasteiger partial charge is 0.480 e. The van der Waals surface area contributed by atoms with Crippen molar-refractivity contribution in [3.05, 3.63) is 34.1 Å². The molecule has 1 aromatic carbocycles. The van der Waals surface area contributed by atoms with E-state index in [1.54, 1.807) is 0 Å². The van der Waals surface area contributed by atoms with Gasteiger partial charge in [0, 0.05) is 15.8 Å². The SMILES string of the molecule is O=C(O)C1CSC(C2CC2)N1C(=O)c1cc(F)cc(Br)c1. The highest BCUT2D eigenvalue weighted by Gasteiger charge is 2.48. The van der Waals surface area contributed by atoms with Crippen molar-refractivity contribution < 1.29 is 19.1 Å². The maximum atomic E-state index is 13.5. The maximum Gasteiger partial charge on any atom is 0.327 e. The molecule has 2 atom stereocenters. The number of hydrogen-bond donors (Lipinski definition) is 1. The summed E-state index contributed by atoms with van der Waals surface area (Å²) in [5, 5.41) is 9.21. The Bertz CT molecular complexity index is 588. The molecule has 3 rings (SSSR count). The fourth-order valence-electron chi connectivity index (χ4n) is 2.55. The third kappa shape index (κ3) is 2.94. The van der Waals surface area contributed by atoms with Crippen LogP contribution in [-0.2, 0) is 4.79 Å². The summed E-state index contributed by atoms with van der Waals surface area (Å²) < 4.78 is 13.9. The molecule has 112 valence electrons. The van der Waals surface area contributed by atoms with E-state index >= 15 is 0 Å². The van der Waals surface area contributed by atoms with E-state index in [1.165, 1.54) is 28.8 Å². The van der Waals surface area contributed by atoms with E-state index in [1.807, 2.05) is 0 Å². The third-order valence-electron chi connectivity index (χ3n) is 3.69. The summed E-state index contributed by atoms with van der Waals surface area (Å²) in [5.41, 5.74) is 0.182. The van der Waals surface area contributed by atoms with Gasteiger partial charge in [-0.2, -0.15) is 0 Å². The zero-order chi connectivity index (χ0) is 15.1. The Kier molecular flexibility index (Phi) is 3.96. The Morgan fingerprint density at radius 1 is 1.33 bits per heavy atom. The molecule has 21 heavy (non-hydrogen) atoms. The first-order valence-corrected chi connectivity index (χ1v) is 8.44. The van der Waals surface area contributed by atoms with Crippen molar-refractivity contribution in [2.24, 2.45) is 5.92 Å². The lowest BCUT2D eigenvalue weighted by Crippen LogP contribution is -2.46. The summed E-state index contributed by atoms with van der Waals surface area (Å²) in [5.74, 6) is -1.19. The predicted octanol–water partition coefficient (Wildman–Crippen LogP) is 2.97. The molecule has 1 aliphatic carbocycles. The summed E-state index contributed by atoms with van der Waals surface area (Å²) in [4.78, 5) is 25.5. The smallest absolute Gasteiger partial charge is 0.327 e. The van der Waals surface area contributed by atoms with Crippen LogP contribution in [0.3, 0.4) is 0 Å². The normalized spacial score (nSPS) is 25.1. The molecule has 0 aromatic heterocycles. The minimum atomic E-state index is -1.01. The molecule has 4 nitrogen and oxygen atoms in total. The van der Waals surface area contributed by atoms with Crippen molar-refractivity contribution in [3.63, 3.8) is 0 Å². The van der Waals surface area contributed by atoms with Gasteiger partial charge in [-0.05, 0) is 37.0 Å². The summed E-state index contributed by atoms with van der Waals surface area (Å²) in [6, 6.07) is 3.11. The molecule has 1 amide bonds. The molecule has 1 heterocycles. The summed E-state index contributed by atoms with van der Waals surface area (Å²) in [6.45, 7) is 0. The standard InChI is InChI=1S/C14H13BrFNO3S/c15-9-3-8(4-10(16)5-9)12(18)17-11(14(19)20)6-21-13(17)7-1-2-7/h3-5,7,11,13H,1-2,6H2,(H,19,20). The Labute approximate surface area is 133 Å². The highest BCUT2D eigenvalue weighted by Crippen LogP contribution is 2.46. The molecule has 0 bridgehead atoms. The van der Waals surface area contributed by atoms with E-state index in [0.717, 1.165) is 18.9 Å². The van der Waals surface area contributed by atoms with Crippen LogP contribution in [0.25, 0.3) is 0 Å². The molecule has 1 aromatic rings. The van der Waals surface area contributed by atoms with Crippen molar-refractivity contribution in [2.45, 2.75) is 24.3 Å². The second-order valence-corrected chi connectivity index (χ2v) is 7.35. The van der Waals surface area contributed by atoms with Crippen LogP contribution in [0.5, 0.6) is 0 Å². The number of carbonyl (C=O) groups is 2. The zero-order valence-electron chi connectivity index (χ0n) is 11.0. The number of carbonyl (C=O) groups excluding carboxylic acids is 1. The summed E-state index contributed by atoms with van der Waals surface area (Å²) >= 11 is 4.67. The third-order valence-corrected chi connectivity index (χ3v) is 5.61. The van der Waals surface area contributed by atoms with Gasteiger partial charge in [-0.1, -0.05) is 15.9 Å². The molecule has 1 N–H and O–H groups in total. The minimum Gasteiger partial charge on any atom is -0.480 e. The molecule has 2 aliphatic rings. The number of amides is 1. The van der Waals surface area contributed by atoms with Gasteiger partial charge < -0.3 is 10.0 Å². The van der Waals surface area contributed by atoms with Crippen LogP contribution in [0, 0.1) is 11.7 Å². The lowest BCUT2D eigenvalue weighted by atomic mass is 10.1. The lowest BCUT2D eigenvalue weighted by molar-refractivity contribution is -0.141. The van der Waals surface area contributed by atoms with E-state index in [9.17, 15) is 19.1 Å². The van der Waals surface area contributed by atoms with Gasteiger partial charge in [-0.3, -0.25) is 4.79 Å². The number of hydrogen-bond acceptors (Lipinski definition) is 3. The topological polar surface area (TPSA) is 57.6 Å². The van der Waals surface area contributed by atoms with Gasteiger partial charge in [-0.15, -0.1) is 11.8 Å². The molecule has 2 fully saturated rings. The van der Waals surface area contributed by atoms with Crippen molar-refractivity contribution in [1.82, 2.24) is 4.90 Å². The van der Waals surface area contributed by atoms with Gasteiger partial charge >= 0.3 is 5.97 Å². The van der Waals surface area contributed by atoms with E-state index in [2.05, 4.69) is 15.9 Å². The van der Waals surface area contributed by atoms with Crippen LogP contribution in [-0.4, -0.2) is 39.1 Å². The summed E-state index contributed by atoms with van der Waals surface area (Å²) in [7, 11) is 0. The molecule has 7 heteroatoms. The lowest BCUT2D eigenvalue weighted by Gasteiger charge is -2.27. The van der Waals surface area contributed by atoms with Crippen molar-refractivity contribution >= 4 is 39.6 Å². The highest BCUT2D eigenvalue weighted by molar-refractivity contribution is 9.10. The monoisotopic (exact) mass is 373 g/mol. The minimum absolute atomic E-state index is 0.111. The van der Waals surface area contributed by atoms with E-state index < -0.39 is 23.7 Å². The van der Waals surface area contributed by atoms with Crippen LogP contribution < -0.4 is 0 Å². The fraction of sp³-hybridized carbons (Fsp3) is 0.429. The number of thioether (sulfide) groups is 1. The number of aliphatic carboxylic acids is 1. The van der Waals surface area contributed by atoms with Crippen LogP contribution in [0.4, 0.5) is 4.39 Å². The van der Waals surface area contributed by atoms with Gasteiger partial charge in [0.25, 0.3) is 5.91 Å². The predicted molar refractivity (Wildman–Crippen MR) is 80.7 cm³/mol. The first-order valence-electron chi connectivity index (χ1n) is 6.60. The average molecular weight is 374 g/mol. The highest BCUT2D eigenvalue weighted by atomic mass is 79.9. The van der Waals surface area contributed by atoms with E-state index in [-0.39, 0.29) is 10.9 Å². The first-order chi connectivity index (χ1) is 9.97. The second-order valence-electron chi connectivity index (χ2n) is 5.29. The quantitative estimate of drug-likeness (QED) is 0.884. The van der Waals surface area contributed by atoms with E-state index in [4.69, 9.17) is 0 Å². The zero-order valence-corrected chi connectivity index (χ0v) is 13.4. The molecule has 0 spiro atoms. The Balaban J connectivity index is 1.93. The molecule has 1 saturated heterocycles. The Morgan fingerprint density at radius 3 is 2.62 bits per heavy atom. The van der Waals surface area contributed by atoms with Gasteiger partial charge in [0.2, 0.25) is 0 Å². The molecule has 1 saturated carbocycles. The van der Waals surface area contributed by atoms with Crippen molar-refractivity contribution in [1.29, 1.82) is 0 Å². The maximum absolute atomic E-state index is 13.5. The number of benzene rings is 1. The molecule has 1 aliphatic heterocycles. The van der Waals surface area contributed by atoms with Gasteiger partial charge in [0.15, 0.2) is 0 Å². The number of carboxylic acids is 1. The van der Waals surface area contributed by atoms with Crippen molar-refractivity contribution in [2.75, 3.05) is 5.75 Å². The Morgan fingerprint density at radius 2 is 2.05 bits per heavy atom. The molecular weight excluding hydrogens is 361 g/mol. The van der Waals surface area contributed by atoms with Crippen LogP contribution in [0.2, 0.25) is 0 Å². The van der Waals surface area contributed by atoms with Gasteiger partial charge in [0.05, 0.1) is 5.37 Å². The van der Waals surface area contributed by atoms with Crippen molar-refractivity contribution in [3.8, 4) is 0 Å².